The number of hydrogen-bond acceptors (Lipinski definition) is 7. The maximum Gasteiger partial charge on any atom is 0.268 e. The van der Waals surface area contributed by atoms with E-state index < -0.39 is 22.9 Å². The fourth-order valence-corrected chi connectivity index (χ4v) is 5.71. The molecule has 0 unspecified atom stereocenters. The lowest BCUT2D eigenvalue weighted by molar-refractivity contribution is 0.0690. The van der Waals surface area contributed by atoms with E-state index in [2.05, 4.69) is 16.3 Å². The fourth-order valence-electron chi connectivity index (χ4n) is 5.51. The molecule has 2 atom stereocenters. The van der Waals surface area contributed by atoms with Gasteiger partial charge in [0.2, 0.25) is 11.8 Å². The van der Waals surface area contributed by atoms with Crippen LogP contribution < -0.4 is 11.6 Å². The number of hydrazine groups is 1. The van der Waals surface area contributed by atoms with Crippen LogP contribution in [0.5, 0.6) is 0 Å². The molecule has 1 aliphatic carbocycles. The second-order valence-corrected chi connectivity index (χ2v) is 11.6. The Hall–Kier alpha value is -4.03. The lowest BCUT2D eigenvalue weighted by atomic mass is 9.79. The SMILES string of the molecule is C[C@H](c1cccc(Cl)c1)N(N)C(=O)c1cc(-c2nnc([C@](C)(N)Cc3ccccc3)o2)cc(C2(C#N)CCCC2)c1. The molecular weight excluding hydrogens is 536 g/mol. The zero-order chi connectivity index (χ0) is 29.2. The van der Waals surface area contributed by atoms with Crippen molar-refractivity contribution in [1.82, 2.24) is 15.2 Å². The summed E-state index contributed by atoms with van der Waals surface area (Å²) in [5, 5.41) is 20.5. The fraction of sp³-hybridized carbons (Fsp3) is 0.312. The van der Waals surface area contributed by atoms with E-state index in [-0.39, 0.29) is 11.8 Å². The van der Waals surface area contributed by atoms with E-state index in [1.807, 2.05) is 62.4 Å². The van der Waals surface area contributed by atoms with Gasteiger partial charge in [-0.1, -0.05) is 66.9 Å². The number of nitriles is 1. The third kappa shape index (κ3) is 5.89. The van der Waals surface area contributed by atoms with Gasteiger partial charge < -0.3 is 10.2 Å². The van der Waals surface area contributed by atoms with Crippen LogP contribution in [0, 0.1) is 11.3 Å². The van der Waals surface area contributed by atoms with E-state index in [1.54, 1.807) is 24.3 Å². The topological polar surface area (TPSA) is 135 Å². The lowest BCUT2D eigenvalue weighted by Gasteiger charge is -2.26. The molecule has 210 valence electrons. The van der Waals surface area contributed by atoms with Gasteiger partial charge in [0.05, 0.1) is 23.1 Å². The highest BCUT2D eigenvalue weighted by atomic mass is 35.5. The Balaban J connectivity index is 1.52. The van der Waals surface area contributed by atoms with Crippen LogP contribution in [-0.2, 0) is 17.4 Å². The van der Waals surface area contributed by atoms with Crippen LogP contribution in [0.4, 0.5) is 0 Å². The molecule has 4 aromatic rings. The summed E-state index contributed by atoms with van der Waals surface area (Å²) in [7, 11) is 0. The third-order valence-corrected chi connectivity index (χ3v) is 8.20. The Labute approximate surface area is 244 Å². The van der Waals surface area contributed by atoms with Gasteiger partial charge in [0.25, 0.3) is 5.91 Å². The Morgan fingerprint density at radius 1 is 1.12 bits per heavy atom. The summed E-state index contributed by atoms with van der Waals surface area (Å²) in [4.78, 5) is 13.8. The molecule has 4 N–H and O–H groups in total. The van der Waals surface area contributed by atoms with Crippen molar-refractivity contribution >= 4 is 17.5 Å². The van der Waals surface area contributed by atoms with Crippen molar-refractivity contribution in [3.8, 4) is 17.5 Å². The van der Waals surface area contributed by atoms with Gasteiger partial charge >= 0.3 is 0 Å². The summed E-state index contributed by atoms with van der Waals surface area (Å²) in [5.74, 6) is 6.47. The highest BCUT2D eigenvalue weighted by Gasteiger charge is 2.37. The summed E-state index contributed by atoms with van der Waals surface area (Å²) in [6, 6.07) is 24.5. The number of nitrogens with two attached hydrogens (primary N) is 2. The molecule has 1 heterocycles. The molecule has 8 nitrogen and oxygen atoms in total. The summed E-state index contributed by atoms with van der Waals surface area (Å²) in [5.41, 5.74) is 8.45. The minimum absolute atomic E-state index is 0.221. The van der Waals surface area contributed by atoms with Crippen LogP contribution in [0.2, 0.25) is 5.02 Å². The zero-order valence-corrected chi connectivity index (χ0v) is 23.9. The number of rotatable bonds is 8. The normalized spacial score (nSPS) is 16.5. The summed E-state index contributed by atoms with van der Waals surface area (Å²) < 4.78 is 6.12. The molecule has 9 heteroatoms. The molecule has 0 spiro atoms. The summed E-state index contributed by atoms with van der Waals surface area (Å²) in [6.07, 6.45) is 3.79. The summed E-state index contributed by atoms with van der Waals surface area (Å²) in [6.45, 7) is 3.68. The first-order chi connectivity index (χ1) is 19.6. The monoisotopic (exact) mass is 568 g/mol. The molecule has 0 saturated heterocycles. The molecule has 41 heavy (non-hydrogen) atoms. The molecule has 1 aliphatic rings. The zero-order valence-electron chi connectivity index (χ0n) is 23.2. The first kappa shape index (κ1) is 28.5. The van der Waals surface area contributed by atoms with Crippen molar-refractivity contribution in [3.63, 3.8) is 0 Å². The number of amides is 1. The molecule has 5 rings (SSSR count). The number of hydrogen-bond donors (Lipinski definition) is 2. The standard InChI is InChI=1S/C32H33ClN6O2/c1-21(23-11-8-12-27(33)18-23)39(36)29(40)25-15-24(16-26(17-25)32(20-34)13-6-7-14-32)28-37-38-30(41-28)31(2,35)19-22-9-4-3-5-10-22/h3-5,8-12,15-18,21H,6-7,13-14,19,35-36H2,1-2H3/t21-,31-/m1/s1. The highest BCUT2D eigenvalue weighted by molar-refractivity contribution is 6.30. The molecule has 1 fully saturated rings. The van der Waals surface area contributed by atoms with E-state index in [0.29, 0.717) is 35.4 Å². The van der Waals surface area contributed by atoms with Crippen LogP contribution in [0.1, 0.15) is 78.5 Å². The maximum absolute atomic E-state index is 13.8. The van der Waals surface area contributed by atoms with Gasteiger partial charge in [-0.15, -0.1) is 10.2 Å². The molecule has 0 bridgehead atoms. The Morgan fingerprint density at radius 3 is 2.54 bits per heavy atom. The quantitative estimate of drug-likeness (QED) is 0.146. The molecule has 1 aromatic heterocycles. The van der Waals surface area contributed by atoms with Gasteiger partial charge in [-0.25, -0.2) is 5.84 Å². The molecule has 1 saturated carbocycles. The van der Waals surface area contributed by atoms with Crippen LogP contribution in [0.15, 0.2) is 77.2 Å². The number of aromatic nitrogens is 2. The van der Waals surface area contributed by atoms with Gasteiger partial charge in [-0.2, -0.15) is 5.26 Å². The third-order valence-electron chi connectivity index (χ3n) is 7.96. The number of carbonyl (C=O) groups is 1. The van der Waals surface area contributed by atoms with Gasteiger partial charge in [0.1, 0.15) is 0 Å². The Bertz CT molecular complexity index is 1590. The molecular formula is C32H33ClN6O2. The largest absolute Gasteiger partial charge is 0.419 e. The Morgan fingerprint density at radius 2 is 1.85 bits per heavy atom. The number of carbonyl (C=O) groups excluding carboxylic acids is 1. The van der Waals surface area contributed by atoms with E-state index in [9.17, 15) is 10.1 Å². The maximum atomic E-state index is 13.8. The van der Waals surface area contributed by atoms with Crippen molar-refractivity contribution in [2.75, 3.05) is 0 Å². The van der Waals surface area contributed by atoms with E-state index >= 15 is 0 Å². The van der Waals surface area contributed by atoms with E-state index in [1.165, 1.54) is 5.01 Å². The minimum atomic E-state index is -0.914. The van der Waals surface area contributed by atoms with Gasteiger partial charge in [0.15, 0.2) is 0 Å². The molecule has 0 aliphatic heterocycles. The second-order valence-electron chi connectivity index (χ2n) is 11.1. The minimum Gasteiger partial charge on any atom is -0.419 e. The van der Waals surface area contributed by atoms with Crippen molar-refractivity contribution in [2.45, 2.75) is 62.9 Å². The number of benzene rings is 3. The van der Waals surface area contributed by atoms with Crippen LogP contribution in [0.25, 0.3) is 11.5 Å². The van der Waals surface area contributed by atoms with Gasteiger partial charge in [-0.05, 0) is 80.1 Å². The van der Waals surface area contributed by atoms with Crippen molar-refractivity contribution in [2.24, 2.45) is 11.6 Å². The molecule has 1 amide bonds. The van der Waals surface area contributed by atoms with E-state index in [0.717, 1.165) is 29.5 Å². The predicted molar refractivity (Wildman–Crippen MR) is 157 cm³/mol. The number of nitrogens with zero attached hydrogens (tertiary/aromatic N) is 4. The van der Waals surface area contributed by atoms with Crippen molar-refractivity contribution in [3.05, 3.63) is 106 Å². The van der Waals surface area contributed by atoms with Crippen LogP contribution in [-0.4, -0.2) is 21.1 Å². The second kappa shape index (κ2) is 11.5. The summed E-state index contributed by atoms with van der Waals surface area (Å²) >= 11 is 6.18. The first-order valence-electron chi connectivity index (χ1n) is 13.7. The van der Waals surface area contributed by atoms with E-state index in [4.69, 9.17) is 27.6 Å². The molecule has 0 radical (unpaired) electrons. The Kier molecular flexibility index (Phi) is 7.96. The number of halogens is 1. The van der Waals surface area contributed by atoms with Gasteiger partial charge in [0, 0.05) is 16.1 Å². The van der Waals surface area contributed by atoms with Crippen molar-refractivity contribution in [1.29, 1.82) is 5.26 Å². The first-order valence-corrected chi connectivity index (χ1v) is 14.1. The molecule has 3 aromatic carbocycles. The van der Waals surface area contributed by atoms with Crippen LogP contribution >= 0.6 is 11.6 Å². The lowest BCUT2D eigenvalue weighted by Crippen LogP contribution is -2.39. The van der Waals surface area contributed by atoms with Crippen molar-refractivity contribution < 1.29 is 9.21 Å². The van der Waals surface area contributed by atoms with Crippen LogP contribution in [0.3, 0.4) is 0 Å². The van der Waals surface area contributed by atoms with Gasteiger partial charge in [-0.3, -0.25) is 9.80 Å². The average molecular weight is 569 g/mol. The highest BCUT2D eigenvalue weighted by Crippen LogP contribution is 2.42. The smallest absolute Gasteiger partial charge is 0.268 e. The predicted octanol–water partition coefficient (Wildman–Crippen LogP) is 6.22. The average Bonchev–Trinajstić information content (AvgIpc) is 3.68.